The van der Waals surface area contributed by atoms with Gasteiger partial charge >= 0.3 is 0 Å². The van der Waals surface area contributed by atoms with Gasteiger partial charge in [-0.25, -0.2) is 4.98 Å². The number of aromatic nitrogens is 2. The Kier molecular flexibility index (Phi) is 5.69. The molecule has 0 unspecified atom stereocenters. The van der Waals surface area contributed by atoms with Crippen LogP contribution in [0.4, 0.5) is 5.95 Å². The number of anilines is 1. The Bertz CT molecular complexity index is 215. The molecule has 0 saturated heterocycles. The van der Waals surface area contributed by atoms with Gasteiger partial charge in [-0.1, -0.05) is 20.3 Å². The van der Waals surface area contributed by atoms with Crippen LogP contribution in [0.2, 0.25) is 0 Å². The summed E-state index contributed by atoms with van der Waals surface area (Å²) in [7, 11) is 1.53. The van der Waals surface area contributed by atoms with E-state index in [1.54, 1.807) is 12.3 Å². The summed E-state index contributed by atoms with van der Waals surface area (Å²) < 4.78 is 4.76. The van der Waals surface area contributed by atoms with Gasteiger partial charge < -0.3 is 10.5 Å². The first kappa shape index (κ1) is 10.7. The van der Waals surface area contributed by atoms with Gasteiger partial charge in [0.25, 0.3) is 0 Å². The molecule has 0 aliphatic rings. The highest BCUT2D eigenvalue weighted by Crippen LogP contribution is 2.02. The van der Waals surface area contributed by atoms with E-state index in [0.29, 0.717) is 5.88 Å². The lowest BCUT2D eigenvalue weighted by Gasteiger charge is -1.95. The number of hydrogen-bond donors (Lipinski definition) is 1. The van der Waals surface area contributed by atoms with E-state index in [1.165, 1.54) is 13.5 Å². The first-order valence-corrected chi connectivity index (χ1v) is 3.87. The molecule has 0 amide bonds. The summed E-state index contributed by atoms with van der Waals surface area (Å²) in [5.41, 5.74) is 5.23. The van der Waals surface area contributed by atoms with E-state index in [9.17, 15) is 0 Å². The topological polar surface area (TPSA) is 61.0 Å². The number of methoxy groups -OCH3 is 1. The third-order valence-corrected chi connectivity index (χ3v) is 0.858. The van der Waals surface area contributed by atoms with Crippen molar-refractivity contribution >= 4 is 5.95 Å². The van der Waals surface area contributed by atoms with E-state index in [-0.39, 0.29) is 5.95 Å². The molecule has 1 rings (SSSR count). The van der Waals surface area contributed by atoms with Crippen molar-refractivity contribution in [2.45, 2.75) is 20.3 Å². The number of nitrogen functional groups attached to an aromatic ring is 1. The van der Waals surface area contributed by atoms with Crippen molar-refractivity contribution in [2.75, 3.05) is 12.8 Å². The zero-order valence-electron chi connectivity index (χ0n) is 7.74. The molecule has 0 spiro atoms. The molecule has 0 fully saturated rings. The SMILES string of the molecule is CCC.COc1ccnc(N)n1. The molecule has 0 bridgehead atoms. The van der Waals surface area contributed by atoms with Crippen LogP contribution in [0.1, 0.15) is 20.3 Å². The fourth-order valence-corrected chi connectivity index (χ4v) is 0.470. The van der Waals surface area contributed by atoms with E-state index in [2.05, 4.69) is 23.8 Å². The molecule has 4 heteroatoms. The minimum Gasteiger partial charge on any atom is -0.481 e. The molecule has 12 heavy (non-hydrogen) atoms. The van der Waals surface area contributed by atoms with Gasteiger partial charge in [-0.15, -0.1) is 0 Å². The van der Waals surface area contributed by atoms with E-state index in [1.807, 2.05) is 0 Å². The molecule has 1 heterocycles. The molecule has 0 aromatic carbocycles. The van der Waals surface area contributed by atoms with Gasteiger partial charge in [0, 0.05) is 12.3 Å². The minimum atomic E-state index is 0.231. The summed E-state index contributed by atoms with van der Waals surface area (Å²) in [6, 6.07) is 1.64. The van der Waals surface area contributed by atoms with Crippen molar-refractivity contribution in [3.63, 3.8) is 0 Å². The summed E-state index contributed by atoms with van der Waals surface area (Å²) in [5.74, 6) is 0.719. The molecular formula is C8H15N3O. The van der Waals surface area contributed by atoms with Crippen LogP contribution < -0.4 is 10.5 Å². The van der Waals surface area contributed by atoms with Crippen molar-refractivity contribution in [1.29, 1.82) is 0 Å². The standard InChI is InChI=1S/C5H7N3O.C3H8/c1-9-4-2-3-7-5(6)8-4;1-3-2/h2-3H,1H3,(H2,6,7,8);3H2,1-2H3. The summed E-state index contributed by atoms with van der Waals surface area (Å²) in [4.78, 5) is 7.41. The van der Waals surface area contributed by atoms with Crippen LogP contribution in [0.25, 0.3) is 0 Å². The van der Waals surface area contributed by atoms with Crippen LogP contribution in [0.3, 0.4) is 0 Å². The number of ether oxygens (including phenoxy) is 1. The third kappa shape index (κ3) is 4.49. The monoisotopic (exact) mass is 169 g/mol. The largest absolute Gasteiger partial charge is 0.481 e. The molecule has 0 aliphatic carbocycles. The average Bonchev–Trinajstić information content (AvgIpc) is 2.06. The van der Waals surface area contributed by atoms with E-state index in [4.69, 9.17) is 10.5 Å². The predicted molar refractivity (Wildman–Crippen MR) is 49.0 cm³/mol. The van der Waals surface area contributed by atoms with E-state index >= 15 is 0 Å². The number of hydrogen-bond acceptors (Lipinski definition) is 4. The Morgan fingerprint density at radius 3 is 2.42 bits per heavy atom. The van der Waals surface area contributed by atoms with Gasteiger partial charge in [-0.2, -0.15) is 4.98 Å². The van der Waals surface area contributed by atoms with Crippen LogP contribution in [0, 0.1) is 0 Å². The normalized spacial score (nSPS) is 8.25. The highest BCUT2D eigenvalue weighted by atomic mass is 16.5. The fourth-order valence-electron chi connectivity index (χ4n) is 0.470. The van der Waals surface area contributed by atoms with Crippen molar-refractivity contribution in [2.24, 2.45) is 0 Å². The van der Waals surface area contributed by atoms with Crippen LogP contribution in [0.5, 0.6) is 5.88 Å². The van der Waals surface area contributed by atoms with Crippen LogP contribution in [-0.2, 0) is 0 Å². The maximum Gasteiger partial charge on any atom is 0.223 e. The molecule has 1 aromatic rings. The zero-order valence-corrected chi connectivity index (χ0v) is 7.74. The lowest BCUT2D eigenvalue weighted by molar-refractivity contribution is 0.397. The summed E-state index contributed by atoms with van der Waals surface area (Å²) in [6.07, 6.45) is 2.79. The fraction of sp³-hybridized carbons (Fsp3) is 0.500. The number of nitrogens with zero attached hydrogens (tertiary/aromatic N) is 2. The van der Waals surface area contributed by atoms with Gasteiger partial charge in [-0.3, -0.25) is 0 Å². The first-order chi connectivity index (χ1) is 5.74. The van der Waals surface area contributed by atoms with Gasteiger partial charge in [0.1, 0.15) is 0 Å². The smallest absolute Gasteiger partial charge is 0.223 e. The van der Waals surface area contributed by atoms with Gasteiger partial charge in [0.15, 0.2) is 0 Å². The summed E-state index contributed by atoms with van der Waals surface area (Å²) in [6.45, 7) is 4.25. The van der Waals surface area contributed by atoms with E-state index < -0.39 is 0 Å². The highest BCUT2D eigenvalue weighted by Gasteiger charge is 1.90. The van der Waals surface area contributed by atoms with Crippen LogP contribution in [-0.4, -0.2) is 17.1 Å². The Morgan fingerprint density at radius 2 is 2.08 bits per heavy atom. The van der Waals surface area contributed by atoms with Crippen LogP contribution >= 0.6 is 0 Å². The van der Waals surface area contributed by atoms with Gasteiger partial charge in [0.05, 0.1) is 7.11 Å². The second-order valence-electron chi connectivity index (χ2n) is 2.16. The lowest BCUT2D eigenvalue weighted by atomic mass is 10.6. The van der Waals surface area contributed by atoms with Gasteiger partial charge in [0.2, 0.25) is 11.8 Å². The first-order valence-electron chi connectivity index (χ1n) is 3.87. The molecule has 2 N–H and O–H groups in total. The molecule has 0 saturated carbocycles. The van der Waals surface area contributed by atoms with Crippen molar-refractivity contribution in [1.82, 2.24) is 9.97 Å². The Hall–Kier alpha value is -1.32. The maximum atomic E-state index is 5.23. The molecule has 0 atom stereocenters. The zero-order chi connectivity index (χ0) is 9.40. The number of nitrogens with two attached hydrogens (primary N) is 1. The molecule has 1 aromatic heterocycles. The second-order valence-corrected chi connectivity index (χ2v) is 2.16. The predicted octanol–water partition coefficient (Wildman–Crippen LogP) is 1.48. The van der Waals surface area contributed by atoms with Gasteiger partial charge in [-0.05, 0) is 0 Å². The third-order valence-electron chi connectivity index (χ3n) is 0.858. The van der Waals surface area contributed by atoms with Crippen LogP contribution in [0.15, 0.2) is 12.3 Å². The maximum absolute atomic E-state index is 5.23. The molecule has 0 aliphatic heterocycles. The minimum absolute atomic E-state index is 0.231. The van der Waals surface area contributed by atoms with E-state index in [0.717, 1.165) is 0 Å². The molecular weight excluding hydrogens is 154 g/mol. The molecule has 4 nitrogen and oxygen atoms in total. The van der Waals surface area contributed by atoms with Crippen molar-refractivity contribution in [3.05, 3.63) is 12.3 Å². The summed E-state index contributed by atoms with van der Waals surface area (Å²) in [5, 5.41) is 0. The second kappa shape index (κ2) is 6.39. The van der Waals surface area contributed by atoms with Crippen molar-refractivity contribution < 1.29 is 4.74 Å². The average molecular weight is 169 g/mol. The van der Waals surface area contributed by atoms with Crippen molar-refractivity contribution in [3.8, 4) is 5.88 Å². The lowest BCUT2D eigenvalue weighted by Crippen LogP contribution is -1.95. The quantitative estimate of drug-likeness (QED) is 0.691. The Balaban J connectivity index is 0.000000354. The molecule has 68 valence electrons. The highest BCUT2D eigenvalue weighted by molar-refractivity contribution is 5.20. The Morgan fingerprint density at radius 1 is 1.50 bits per heavy atom. The summed E-state index contributed by atoms with van der Waals surface area (Å²) >= 11 is 0. The Labute approximate surface area is 72.8 Å². The molecule has 0 radical (unpaired) electrons. The number of rotatable bonds is 1.